The highest BCUT2D eigenvalue weighted by Gasteiger charge is 2.14. The zero-order valence-corrected chi connectivity index (χ0v) is 6.92. The summed E-state index contributed by atoms with van der Waals surface area (Å²) in [5.41, 5.74) is 0.681. The van der Waals surface area contributed by atoms with E-state index in [0.29, 0.717) is 18.5 Å². The molecule has 1 N–H and O–H groups in total. The van der Waals surface area contributed by atoms with Crippen LogP contribution in [0, 0.1) is 0 Å². The molecule has 12 heavy (non-hydrogen) atoms. The molecule has 1 heterocycles. The molecule has 0 fully saturated rings. The van der Waals surface area contributed by atoms with E-state index in [2.05, 4.69) is 10.1 Å². The van der Waals surface area contributed by atoms with E-state index in [-0.39, 0.29) is 18.3 Å². The van der Waals surface area contributed by atoms with Crippen LogP contribution in [0.2, 0.25) is 0 Å². The molecule has 0 aromatic carbocycles. The third-order valence-corrected chi connectivity index (χ3v) is 1.73. The summed E-state index contributed by atoms with van der Waals surface area (Å²) < 4.78 is 4.45. The second kappa shape index (κ2) is 3.90. The first-order chi connectivity index (χ1) is 5.74. The van der Waals surface area contributed by atoms with Crippen molar-refractivity contribution in [3.05, 3.63) is 11.6 Å². The number of rotatable bonds is 3. The molecule has 0 atom stereocenters. The molecule has 0 bridgehead atoms. The van der Waals surface area contributed by atoms with E-state index in [1.807, 2.05) is 0 Å². The van der Waals surface area contributed by atoms with Gasteiger partial charge < -0.3 is 10.1 Å². The number of carbonyl (C=O) groups excluding carboxylic acids is 2. The van der Waals surface area contributed by atoms with Crippen molar-refractivity contribution in [1.82, 2.24) is 5.32 Å². The third-order valence-electron chi connectivity index (χ3n) is 1.73. The Balaban J connectivity index is 2.32. The second-order valence-electron chi connectivity index (χ2n) is 2.52. The molecule has 1 amide bonds. The van der Waals surface area contributed by atoms with Crippen LogP contribution in [0.25, 0.3) is 0 Å². The zero-order valence-electron chi connectivity index (χ0n) is 6.92. The van der Waals surface area contributed by atoms with Gasteiger partial charge in [0.05, 0.1) is 7.11 Å². The molecule has 0 unspecified atom stereocenters. The molecule has 66 valence electrons. The summed E-state index contributed by atoms with van der Waals surface area (Å²) in [5.74, 6) is -0.352. The Morgan fingerprint density at radius 2 is 2.50 bits per heavy atom. The first-order valence-corrected chi connectivity index (χ1v) is 3.78. The van der Waals surface area contributed by atoms with E-state index < -0.39 is 0 Å². The smallest absolute Gasteiger partial charge is 0.305 e. The summed E-state index contributed by atoms with van der Waals surface area (Å²) in [6.07, 6.45) is 2.54. The Kier molecular flexibility index (Phi) is 2.85. The molecular weight excluding hydrogens is 158 g/mol. The summed E-state index contributed by atoms with van der Waals surface area (Å²) in [5, 5.41) is 2.63. The Morgan fingerprint density at radius 3 is 3.00 bits per heavy atom. The van der Waals surface area contributed by atoms with Crippen LogP contribution < -0.4 is 5.32 Å². The molecule has 0 aromatic heterocycles. The van der Waals surface area contributed by atoms with Crippen molar-refractivity contribution in [2.75, 3.05) is 13.7 Å². The minimum Gasteiger partial charge on any atom is -0.469 e. The van der Waals surface area contributed by atoms with Gasteiger partial charge in [-0.1, -0.05) is 6.08 Å². The lowest BCUT2D eigenvalue weighted by atomic mass is 10.1. The Morgan fingerprint density at radius 1 is 1.75 bits per heavy atom. The molecule has 4 heteroatoms. The molecule has 0 saturated carbocycles. The summed E-state index contributed by atoms with van der Waals surface area (Å²) in [6.45, 7) is 0.579. The molecule has 4 nitrogen and oxygen atoms in total. The number of carbonyl (C=O) groups is 2. The summed E-state index contributed by atoms with van der Waals surface area (Å²) in [6, 6.07) is 0. The highest BCUT2D eigenvalue weighted by molar-refractivity contribution is 5.96. The zero-order chi connectivity index (χ0) is 8.97. The molecule has 1 aliphatic rings. The highest BCUT2D eigenvalue weighted by Crippen LogP contribution is 2.09. The molecule has 1 rings (SSSR count). The van der Waals surface area contributed by atoms with Crippen molar-refractivity contribution in [2.45, 2.75) is 12.8 Å². The Hall–Kier alpha value is -1.32. The molecule has 0 radical (unpaired) electrons. The predicted octanol–water partition coefficient (Wildman–Crippen LogP) is -0.00420. The lowest BCUT2D eigenvalue weighted by molar-refractivity contribution is -0.140. The van der Waals surface area contributed by atoms with Crippen LogP contribution in [0.3, 0.4) is 0 Å². The van der Waals surface area contributed by atoms with Gasteiger partial charge in [-0.2, -0.15) is 0 Å². The van der Waals surface area contributed by atoms with Crippen LogP contribution in [0.15, 0.2) is 11.6 Å². The molecule has 0 aliphatic carbocycles. The second-order valence-corrected chi connectivity index (χ2v) is 2.52. The van der Waals surface area contributed by atoms with Crippen molar-refractivity contribution in [3.63, 3.8) is 0 Å². The fraction of sp³-hybridized carbons (Fsp3) is 0.500. The minimum atomic E-state index is -0.282. The van der Waals surface area contributed by atoms with E-state index in [4.69, 9.17) is 0 Å². The van der Waals surface area contributed by atoms with Gasteiger partial charge in [-0.25, -0.2) is 0 Å². The number of hydrogen-bond acceptors (Lipinski definition) is 3. The maximum absolute atomic E-state index is 10.9. The summed E-state index contributed by atoms with van der Waals surface area (Å²) in [7, 11) is 1.34. The quantitative estimate of drug-likeness (QED) is 0.605. The number of ether oxygens (including phenoxy) is 1. The molecule has 1 aliphatic heterocycles. The van der Waals surface area contributed by atoms with Crippen LogP contribution in [-0.2, 0) is 14.3 Å². The van der Waals surface area contributed by atoms with Gasteiger partial charge in [0.1, 0.15) is 0 Å². The SMILES string of the molecule is COC(=O)CCC1=CCNC1=O. The molecular formula is C8H11NO3. The van der Waals surface area contributed by atoms with Gasteiger partial charge in [-0.3, -0.25) is 9.59 Å². The highest BCUT2D eigenvalue weighted by atomic mass is 16.5. The van der Waals surface area contributed by atoms with Gasteiger partial charge >= 0.3 is 5.97 Å². The lowest BCUT2D eigenvalue weighted by Crippen LogP contribution is -2.17. The predicted molar refractivity (Wildman–Crippen MR) is 42.3 cm³/mol. The van der Waals surface area contributed by atoms with Gasteiger partial charge in [0.2, 0.25) is 5.91 Å². The molecule has 0 aromatic rings. The van der Waals surface area contributed by atoms with Gasteiger partial charge in [-0.15, -0.1) is 0 Å². The first-order valence-electron chi connectivity index (χ1n) is 3.78. The maximum Gasteiger partial charge on any atom is 0.305 e. The first kappa shape index (κ1) is 8.77. The normalized spacial score (nSPS) is 15.4. The average Bonchev–Trinajstić information content (AvgIpc) is 2.47. The summed E-state index contributed by atoms with van der Waals surface area (Å²) >= 11 is 0. The van der Waals surface area contributed by atoms with Gasteiger partial charge in [0.25, 0.3) is 0 Å². The van der Waals surface area contributed by atoms with E-state index >= 15 is 0 Å². The van der Waals surface area contributed by atoms with Gasteiger partial charge in [-0.05, 0) is 6.42 Å². The van der Waals surface area contributed by atoms with E-state index in [1.54, 1.807) is 6.08 Å². The van der Waals surface area contributed by atoms with Crippen molar-refractivity contribution in [3.8, 4) is 0 Å². The monoisotopic (exact) mass is 169 g/mol. The van der Waals surface area contributed by atoms with Crippen LogP contribution in [0.5, 0.6) is 0 Å². The van der Waals surface area contributed by atoms with E-state index in [1.165, 1.54) is 7.11 Å². The van der Waals surface area contributed by atoms with Crippen LogP contribution in [-0.4, -0.2) is 25.5 Å². The topological polar surface area (TPSA) is 55.4 Å². The fourth-order valence-corrected chi connectivity index (χ4v) is 1.03. The average molecular weight is 169 g/mol. The van der Waals surface area contributed by atoms with E-state index in [0.717, 1.165) is 0 Å². The number of esters is 1. The summed E-state index contributed by atoms with van der Waals surface area (Å²) in [4.78, 5) is 21.6. The standard InChI is InChI=1S/C8H11NO3/c1-12-7(10)3-2-6-4-5-9-8(6)11/h4H,2-3,5H2,1H3,(H,9,11). The van der Waals surface area contributed by atoms with Gasteiger partial charge in [0, 0.05) is 18.5 Å². The van der Waals surface area contributed by atoms with Crippen LogP contribution in [0.4, 0.5) is 0 Å². The Bertz CT molecular complexity index is 232. The maximum atomic E-state index is 10.9. The van der Waals surface area contributed by atoms with Crippen molar-refractivity contribution < 1.29 is 14.3 Å². The van der Waals surface area contributed by atoms with E-state index in [9.17, 15) is 9.59 Å². The van der Waals surface area contributed by atoms with Crippen LogP contribution in [0.1, 0.15) is 12.8 Å². The van der Waals surface area contributed by atoms with Crippen molar-refractivity contribution in [2.24, 2.45) is 0 Å². The largest absolute Gasteiger partial charge is 0.469 e. The van der Waals surface area contributed by atoms with Crippen LogP contribution >= 0.6 is 0 Å². The lowest BCUT2D eigenvalue weighted by Gasteiger charge is -1.98. The molecule has 0 saturated heterocycles. The fourth-order valence-electron chi connectivity index (χ4n) is 1.03. The Labute approximate surface area is 70.6 Å². The van der Waals surface area contributed by atoms with Crippen molar-refractivity contribution in [1.29, 1.82) is 0 Å². The van der Waals surface area contributed by atoms with Gasteiger partial charge in [0.15, 0.2) is 0 Å². The number of hydrogen-bond donors (Lipinski definition) is 1. The number of amides is 1. The minimum absolute atomic E-state index is 0.0705. The number of methoxy groups -OCH3 is 1. The third kappa shape index (κ3) is 2.08. The van der Waals surface area contributed by atoms with Crippen molar-refractivity contribution >= 4 is 11.9 Å². The molecule has 0 spiro atoms. The number of nitrogens with one attached hydrogen (secondary N) is 1.